The summed E-state index contributed by atoms with van der Waals surface area (Å²) in [5.74, 6) is -2.28. The summed E-state index contributed by atoms with van der Waals surface area (Å²) in [7, 11) is 0. The number of nitrogens with zero attached hydrogens (tertiary/aromatic N) is 1. The molecule has 3 N–H and O–H groups in total. The van der Waals surface area contributed by atoms with Crippen LogP contribution >= 0.6 is 0 Å². The zero-order valence-corrected chi connectivity index (χ0v) is 23.1. The maximum Gasteiger partial charge on any atom is 0.449 e. The second-order valence-corrected chi connectivity index (χ2v) is 10.6. The topological polar surface area (TPSA) is 121 Å². The van der Waals surface area contributed by atoms with Crippen molar-refractivity contribution in [3.05, 3.63) is 93.2 Å². The predicted octanol–water partition coefficient (Wildman–Crippen LogP) is 6.57. The fraction of sp³-hybridized carbons (Fsp3) is 0.267. The van der Waals surface area contributed by atoms with Crippen molar-refractivity contribution in [3.8, 4) is 11.3 Å². The lowest BCUT2D eigenvalue weighted by molar-refractivity contribution is -0.0626. The van der Waals surface area contributed by atoms with Gasteiger partial charge in [0.05, 0.1) is 17.0 Å². The Morgan fingerprint density at radius 3 is 2.41 bits per heavy atom. The van der Waals surface area contributed by atoms with Gasteiger partial charge in [0.2, 0.25) is 5.84 Å². The Kier molecular flexibility index (Phi) is 7.66. The molecule has 0 aliphatic heterocycles. The van der Waals surface area contributed by atoms with Gasteiger partial charge in [-0.1, -0.05) is 18.2 Å². The van der Waals surface area contributed by atoms with E-state index in [2.05, 4.69) is 5.32 Å². The molecule has 4 aromatic rings. The van der Waals surface area contributed by atoms with Gasteiger partial charge in [0.1, 0.15) is 22.4 Å². The maximum atomic E-state index is 13.2. The molecule has 0 aliphatic rings. The second-order valence-electron chi connectivity index (χ2n) is 10.6. The van der Waals surface area contributed by atoms with Gasteiger partial charge < -0.3 is 14.5 Å². The van der Waals surface area contributed by atoms with Crippen LogP contribution in [0.15, 0.2) is 70.0 Å². The average molecular weight is 567 g/mol. The minimum absolute atomic E-state index is 0.0299. The summed E-state index contributed by atoms with van der Waals surface area (Å²) in [6, 6.07) is 13.4. The van der Waals surface area contributed by atoms with Crippen LogP contribution in [0.5, 0.6) is 0 Å². The lowest BCUT2D eigenvalue weighted by Gasteiger charge is -2.23. The van der Waals surface area contributed by atoms with Gasteiger partial charge in [0.15, 0.2) is 5.43 Å². The third kappa shape index (κ3) is 6.40. The van der Waals surface area contributed by atoms with Crippen LogP contribution < -0.4 is 16.2 Å². The molecular formula is C30H29F3N4O4. The van der Waals surface area contributed by atoms with E-state index in [1.54, 1.807) is 51.1 Å². The van der Waals surface area contributed by atoms with E-state index in [1.807, 2.05) is 19.9 Å². The fourth-order valence-electron chi connectivity index (χ4n) is 4.30. The number of esters is 1. The van der Waals surface area contributed by atoms with Crippen LogP contribution in [0.3, 0.4) is 0 Å². The molecule has 11 heteroatoms. The number of carbonyl (C=O) groups is 1. The van der Waals surface area contributed by atoms with Gasteiger partial charge in [0.25, 0.3) is 0 Å². The number of halogens is 3. The third-order valence-corrected chi connectivity index (χ3v) is 6.13. The summed E-state index contributed by atoms with van der Waals surface area (Å²) in [5, 5.41) is 18.8. The molecule has 2 heterocycles. The van der Waals surface area contributed by atoms with E-state index in [9.17, 15) is 22.8 Å². The molecule has 2 aromatic carbocycles. The molecule has 0 fully saturated rings. The summed E-state index contributed by atoms with van der Waals surface area (Å²) in [6.45, 7) is 8.95. The van der Waals surface area contributed by atoms with Crippen LogP contribution in [-0.4, -0.2) is 28.1 Å². The highest BCUT2D eigenvalue weighted by Crippen LogP contribution is 2.32. The van der Waals surface area contributed by atoms with E-state index in [1.165, 1.54) is 12.1 Å². The Morgan fingerprint density at radius 2 is 1.76 bits per heavy atom. The maximum absolute atomic E-state index is 13.2. The number of benzene rings is 2. The molecule has 4 rings (SSSR count). The molecule has 1 atom stereocenters. The molecular weight excluding hydrogens is 537 g/mol. The number of carbonyl (C=O) groups excluding carboxylic acids is 1. The van der Waals surface area contributed by atoms with Crippen LogP contribution in [0.1, 0.15) is 55.2 Å². The minimum atomic E-state index is -4.98. The van der Waals surface area contributed by atoms with E-state index in [-0.39, 0.29) is 22.3 Å². The number of para-hydroxylation sites is 1. The molecule has 0 saturated heterocycles. The number of ether oxygens (including phenoxy) is 1. The SMILES string of the molecule is Cc1cc(C(C)Nc2ccccc2C(=O)OC(C)(C)C)c2oc(-c3ccc(=N)n(C(=N)C(F)(F)F)c3)cc(=O)c2c1. The zero-order chi connectivity index (χ0) is 30.3. The van der Waals surface area contributed by atoms with Crippen LogP contribution in [-0.2, 0) is 4.74 Å². The number of alkyl halides is 3. The molecule has 41 heavy (non-hydrogen) atoms. The van der Waals surface area contributed by atoms with Crippen LogP contribution in [0.25, 0.3) is 22.3 Å². The van der Waals surface area contributed by atoms with Gasteiger partial charge in [-0.25, -0.2) is 4.79 Å². The van der Waals surface area contributed by atoms with E-state index in [4.69, 9.17) is 20.0 Å². The van der Waals surface area contributed by atoms with E-state index in [0.717, 1.165) is 17.8 Å². The highest BCUT2D eigenvalue weighted by Gasteiger charge is 2.36. The molecule has 8 nitrogen and oxygen atoms in total. The lowest BCUT2D eigenvalue weighted by Crippen LogP contribution is -2.36. The first-order valence-electron chi connectivity index (χ1n) is 12.7. The summed E-state index contributed by atoms with van der Waals surface area (Å²) in [5.41, 5.74) is 0.786. The van der Waals surface area contributed by atoms with Crippen LogP contribution in [0.2, 0.25) is 0 Å². The van der Waals surface area contributed by atoms with Crippen molar-refractivity contribution >= 4 is 28.5 Å². The predicted molar refractivity (Wildman–Crippen MR) is 149 cm³/mol. The van der Waals surface area contributed by atoms with E-state index < -0.39 is 40.5 Å². The van der Waals surface area contributed by atoms with E-state index >= 15 is 0 Å². The Balaban J connectivity index is 1.81. The first-order valence-corrected chi connectivity index (χ1v) is 12.7. The molecule has 0 amide bonds. The van der Waals surface area contributed by atoms with Gasteiger partial charge in [0, 0.05) is 29.1 Å². The van der Waals surface area contributed by atoms with Crippen molar-refractivity contribution in [2.75, 3.05) is 5.32 Å². The highest BCUT2D eigenvalue weighted by molar-refractivity contribution is 5.96. The van der Waals surface area contributed by atoms with Gasteiger partial charge in [-0.2, -0.15) is 13.2 Å². The van der Waals surface area contributed by atoms with Crippen molar-refractivity contribution in [2.45, 2.75) is 52.4 Å². The quantitative estimate of drug-likeness (QED) is 0.143. The number of hydrogen-bond acceptors (Lipinski definition) is 7. The number of fused-ring (bicyclic) bond motifs is 1. The standard InChI is InChI=1S/C30H29F3N4O4/c1-16-12-20(17(2)36-22-9-7-6-8-19(22)27(39)41-29(3,4)5)26-21(13-16)23(38)14-24(40-26)18-10-11-25(34)37(15-18)28(35)30(31,32)33/h6-15,17,34-36H,1-5H3. The number of rotatable bonds is 5. The molecule has 0 spiro atoms. The molecule has 0 aliphatic carbocycles. The number of pyridine rings is 1. The van der Waals surface area contributed by atoms with Gasteiger partial charge in [-0.3, -0.25) is 20.2 Å². The Hall–Kier alpha value is -4.67. The van der Waals surface area contributed by atoms with Crippen molar-refractivity contribution in [2.24, 2.45) is 0 Å². The van der Waals surface area contributed by atoms with Gasteiger partial charge >= 0.3 is 12.1 Å². The summed E-state index contributed by atoms with van der Waals surface area (Å²) in [6.07, 6.45) is -4.04. The molecule has 0 radical (unpaired) electrons. The minimum Gasteiger partial charge on any atom is -0.456 e. The third-order valence-electron chi connectivity index (χ3n) is 6.13. The average Bonchev–Trinajstić information content (AvgIpc) is 2.87. The second kappa shape index (κ2) is 10.7. The van der Waals surface area contributed by atoms with Crippen LogP contribution in [0, 0.1) is 17.7 Å². The molecule has 2 aromatic heterocycles. The number of aryl methyl sites for hydroxylation is 1. The van der Waals surface area contributed by atoms with Crippen molar-refractivity contribution in [1.82, 2.24) is 4.57 Å². The largest absolute Gasteiger partial charge is 0.456 e. The number of anilines is 1. The van der Waals surface area contributed by atoms with Crippen molar-refractivity contribution in [1.29, 1.82) is 10.8 Å². The first kappa shape index (κ1) is 29.3. The monoisotopic (exact) mass is 566 g/mol. The van der Waals surface area contributed by atoms with Crippen molar-refractivity contribution < 1.29 is 27.1 Å². The number of aromatic nitrogens is 1. The smallest absolute Gasteiger partial charge is 0.449 e. The fourth-order valence-corrected chi connectivity index (χ4v) is 4.30. The molecule has 214 valence electrons. The zero-order valence-electron chi connectivity index (χ0n) is 23.1. The first-order chi connectivity index (χ1) is 19.0. The van der Waals surface area contributed by atoms with Crippen LogP contribution in [0.4, 0.5) is 18.9 Å². The highest BCUT2D eigenvalue weighted by atomic mass is 19.4. The molecule has 1 unspecified atom stereocenters. The molecule has 0 bridgehead atoms. The summed E-state index contributed by atoms with van der Waals surface area (Å²) in [4.78, 5) is 26.0. The van der Waals surface area contributed by atoms with E-state index in [0.29, 0.717) is 21.4 Å². The molecule has 0 saturated carbocycles. The Labute approximate surface area is 233 Å². The number of nitrogens with one attached hydrogen (secondary N) is 3. The number of hydrogen-bond donors (Lipinski definition) is 3. The lowest BCUT2D eigenvalue weighted by atomic mass is 10.00. The Bertz CT molecular complexity index is 1780. The normalized spacial score (nSPS) is 12.7. The van der Waals surface area contributed by atoms with Gasteiger partial charge in [-0.15, -0.1) is 0 Å². The summed E-state index contributed by atoms with van der Waals surface area (Å²) >= 11 is 0. The Morgan fingerprint density at radius 1 is 1.07 bits per heavy atom. The summed E-state index contributed by atoms with van der Waals surface area (Å²) < 4.78 is 51.6. The van der Waals surface area contributed by atoms with Gasteiger partial charge in [-0.05, 0) is 70.5 Å². The van der Waals surface area contributed by atoms with Crippen molar-refractivity contribution in [3.63, 3.8) is 0 Å².